The van der Waals surface area contributed by atoms with Gasteiger partial charge in [-0.15, -0.1) is 11.3 Å². The number of carbonyl (C=O) groups excluding carboxylic acids is 1. The van der Waals surface area contributed by atoms with Gasteiger partial charge in [0.05, 0.1) is 12.5 Å². The van der Waals surface area contributed by atoms with Crippen LogP contribution in [0.3, 0.4) is 0 Å². The lowest BCUT2D eigenvalue weighted by Crippen LogP contribution is -2.26. The first-order chi connectivity index (χ1) is 8.72. The van der Waals surface area contributed by atoms with Gasteiger partial charge in [-0.05, 0) is 38.5 Å². The average molecular weight is 269 g/mol. The van der Waals surface area contributed by atoms with Crippen LogP contribution in [0.4, 0.5) is 0 Å². The van der Waals surface area contributed by atoms with Crippen LogP contribution in [0.2, 0.25) is 0 Å². The van der Waals surface area contributed by atoms with Crippen molar-refractivity contribution in [2.24, 2.45) is 11.8 Å². The summed E-state index contributed by atoms with van der Waals surface area (Å²) in [5.41, 5.74) is 0. The third-order valence-corrected chi connectivity index (χ3v) is 4.39. The summed E-state index contributed by atoms with van der Waals surface area (Å²) >= 11 is 1.49. The van der Waals surface area contributed by atoms with Gasteiger partial charge in [-0.3, -0.25) is 4.79 Å². The molecule has 1 fully saturated rings. The normalized spacial score (nSPS) is 25.7. The van der Waals surface area contributed by atoms with E-state index in [0.717, 1.165) is 30.7 Å². The number of carbonyl (C=O) groups is 1. The second kappa shape index (κ2) is 6.29. The number of nitrogens with zero attached hydrogens (tertiary/aromatic N) is 1. The standard InChI is InChI=1S/C13H19NO3S/c1-2-17-13(16)10-5-3-9(4-6-10)11(15)12-14-7-8-18-12/h7-11,15H,2-6H2,1H3. The molecule has 1 aromatic heterocycles. The van der Waals surface area contributed by atoms with Crippen molar-refractivity contribution in [3.05, 3.63) is 16.6 Å². The quantitative estimate of drug-likeness (QED) is 0.853. The Kier molecular flexibility index (Phi) is 4.72. The molecule has 1 heterocycles. The highest BCUT2D eigenvalue weighted by Gasteiger charge is 2.31. The molecular formula is C13H19NO3S. The largest absolute Gasteiger partial charge is 0.466 e. The van der Waals surface area contributed by atoms with E-state index >= 15 is 0 Å². The van der Waals surface area contributed by atoms with Crippen molar-refractivity contribution in [1.29, 1.82) is 0 Å². The molecule has 1 aromatic rings. The third-order valence-electron chi connectivity index (χ3n) is 3.54. The topological polar surface area (TPSA) is 59.4 Å². The van der Waals surface area contributed by atoms with Gasteiger partial charge >= 0.3 is 5.97 Å². The lowest BCUT2D eigenvalue weighted by molar-refractivity contribution is -0.149. The maximum atomic E-state index is 11.6. The molecule has 0 aliphatic heterocycles. The van der Waals surface area contributed by atoms with Crippen molar-refractivity contribution < 1.29 is 14.6 Å². The Balaban J connectivity index is 1.85. The first-order valence-corrected chi connectivity index (χ1v) is 7.34. The predicted molar refractivity (Wildman–Crippen MR) is 69.2 cm³/mol. The molecule has 100 valence electrons. The molecule has 0 aromatic carbocycles. The number of hydrogen-bond acceptors (Lipinski definition) is 5. The van der Waals surface area contributed by atoms with Crippen LogP contribution < -0.4 is 0 Å². The van der Waals surface area contributed by atoms with Crippen LogP contribution in [0.5, 0.6) is 0 Å². The van der Waals surface area contributed by atoms with Crippen molar-refractivity contribution in [3.8, 4) is 0 Å². The van der Waals surface area contributed by atoms with E-state index in [9.17, 15) is 9.90 Å². The second-order valence-electron chi connectivity index (χ2n) is 4.68. The summed E-state index contributed by atoms with van der Waals surface area (Å²) < 4.78 is 5.04. The Morgan fingerprint density at radius 1 is 1.56 bits per heavy atom. The zero-order valence-electron chi connectivity index (χ0n) is 10.5. The Hall–Kier alpha value is -0.940. The summed E-state index contributed by atoms with van der Waals surface area (Å²) in [7, 11) is 0. The minimum Gasteiger partial charge on any atom is -0.466 e. The summed E-state index contributed by atoms with van der Waals surface area (Å²) in [6.45, 7) is 2.27. The molecule has 1 unspecified atom stereocenters. The van der Waals surface area contributed by atoms with Crippen molar-refractivity contribution in [3.63, 3.8) is 0 Å². The van der Waals surface area contributed by atoms with E-state index in [0.29, 0.717) is 6.61 Å². The Labute approximate surface area is 111 Å². The van der Waals surface area contributed by atoms with Gasteiger partial charge in [-0.1, -0.05) is 0 Å². The van der Waals surface area contributed by atoms with Crippen LogP contribution in [-0.4, -0.2) is 22.7 Å². The van der Waals surface area contributed by atoms with Crippen LogP contribution in [0.25, 0.3) is 0 Å². The van der Waals surface area contributed by atoms with Gasteiger partial charge in [0.25, 0.3) is 0 Å². The fraction of sp³-hybridized carbons (Fsp3) is 0.692. The fourth-order valence-electron chi connectivity index (χ4n) is 2.51. The molecule has 0 radical (unpaired) electrons. The Bertz CT molecular complexity index is 372. The highest BCUT2D eigenvalue weighted by molar-refractivity contribution is 7.09. The van der Waals surface area contributed by atoms with Crippen LogP contribution in [0.1, 0.15) is 43.7 Å². The molecule has 0 bridgehead atoms. The van der Waals surface area contributed by atoms with E-state index in [-0.39, 0.29) is 17.8 Å². The van der Waals surface area contributed by atoms with E-state index in [1.54, 1.807) is 6.20 Å². The van der Waals surface area contributed by atoms with Gasteiger partial charge in [-0.25, -0.2) is 4.98 Å². The number of aliphatic hydroxyl groups is 1. The van der Waals surface area contributed by atoms with Gasteiger partial charge in [0.1, 0.15) is 11.1 Å². The summed E-state index contributed by atoms with van der Waals surface area (Å²) in [6, 6.07) is 0. The van der Waals surface area contributed by atoms with Crippen molar-refractivity contribution >= 4 is 17.3 Å². The zero-order valence-corrected chi connectivity index (χ0v) is 11.4. The molecule has 5 heteroatoms. The van der Waals surface area contributed by atoms with Gasteiger partial charge in [0.15, 0.2) is 0 Å². The smallest absolute Gasteiger partial charge is 0.308 e. The number of rotatable bonds is 4. The monoisotopic (exact) mass is 269 g/mol. The molecule has 4 nitrogen and oxygen atoms in total. The first kappa shape index (κ1) is 13.5. The van der Waals surface area contributed by atoms with Crippen molar-refractivity contribution in [1.82, 2.24) is 4.98 Å². The summed E-state index contributed by atoms with van der Waals surface area (Å²) in [5.74, 6) is 0.159. The van der Waals surface area contributed by atoms with E-state index in [4.69, 9.17) is 4.74 Å². The fourth-order valence-corrected chi connectivity index (χ4v) is 3.23. The molecule has 0 amide bonds. The maximum absolute atomic E-state index is 11.6. The van der Waals surface area contributed by atoms with Gasteiger partial charge in [0, 0.05) is 11.6 Å². The minimum absolute atomic E-state index is 0.0182. The van der Waals surface area contributed by atoms with Gasteiger partial charge in [0.2, 0.25) is 0 Å². The zero-order chi connectivity index (χ0) is 13.0. The lowest BCUT2D eigenvalue weighted by Gasteiger charge is -2.29. The van der Waals surface area contributed by atoms with E-state index in [1.165, 1.54) is 11.3 Å². The molecule has 1 aliphatic carbocycles. The van der Waals surface area contributed by atoms with Gasteiger partial charge < -0.3 is 9.84 Å². The molecule has 0 spiro atoms. The lowest BCUT2D eigenvalue weighted by atomic mass is 9.79. The Morgan fingerprint density at radius 2 is 2.28 bits per heavy atom. The highest BCUT2D eigenvalue weighted by atomic mass is 32.1. The molecule has 2 rings (SSSR count). The molecule has 0 saturated heterocycles. The van der Waals surface area contributed by atoms with E-state index in [2.05, 4.69) is 4.98 Å². The van der Waals surface area contributed by atoms with Crippen molar-refractivity contribution in [2.45, 2.75) is 38.7 Å². The number of aromatic nitrogens is 1. The minimum atomic E-state index is -0.479. The molecule has 1 saturated carbocycles. The van der Waals surface area contributed by atoms with Crippen LogP contribution in [-0.2, 0) is 9.53 Å². The summed E-state index contributed by atoms with van der Waals surface area (Å²) in [5, 5.41) is 12.9. The Morgan fingerprint density at radius 3 is 2.83 bits per heavy atom. The summed E-state index contributed by atoms with van der Waals surface area (Å²) in [6.07, 6.45) is 4.59. The summed E-state index contributed by atoms with van der Waals surface area (Å²) in [4.78, 5) is 15.8. The molecular weight excluding hydrogens is 250 g/mol. The average Bonchev–Trinajstić information content (AvgIpc) is 2.92. The third kappa shape index (κ3) is 3.09. The number of aliphatic hydroxyl groups excluding tert-OH is 1. The van der Waals surface area contributed by atoms with Crippen LogP contribution >= 0.6 is 11.3 Å². The maximum Gasteiger partial charge on any atom is 0.308 e. The molecule has 1 atom stereocenters. The number of thiazole rings is 1. The first-order valence-electron chi connectivity index (χ1n) is 6.46. The van der Waals surface area contributed by atoms with E-state index in [1.807, 2.05) is 12.3 Å². The molecule has 1 N–H and O–H groups in total. The SMILES string of the molecule is CCOC(=O)C1CCC(C(O)c2nccs2)CC1. The predicted octanol–water partition coefficient (Wildman–Crippen LogP) is 2.55. The number of esters is 1. The molecule has 18 heavy (non-hydrogen) atoms. The van der Waals surface area contributed by atoms with E-state index < -0.39 is 6.10 Å². The number of hydrogen-bond donors (Lipinski definition) is 1. The van der Waals surface area contributed by atoms with Crippen LogP contribution in [0.15, 0.2) is 11.6 Å². The highest BCUT2D eigenvalue weighted by Crippen LogP contribution is 2.37. The van der Waals surface area contributed by atoms with Gasteiger partial charge in [-0.2, -0.15) is 0 Å². The van der Waals surface area contributed by atoms with Crippen LogP contribution in [0, 0.1) is 11.8 Å². The number of ether oxygens (including phenoxy) is 1. The second-order valence-corrected chi connectivity index (χ2v) is 5.61. The molecule has 1 aliphatic rings. The van der Waals surface area contributed by atoms with Crippen molar-refractivity contribution in [2.75, 3.05) is 6.61 Å².